The lowest BCUT2D eigenvalue weighted by atomic mass is 10.1. The monoisotopic (exact) mass is 656 g/mol. The Bertz CT molecular complexity index is 1590. The summed E-state index contributed by atoms with van der Waals surface area (Å²) in [5.74, 6) is -0.262. The highest BCUT2D eigenvalue weighted by Gasteiger charge is 2.39. The van der Waals surface area contributed by atoms with Gasteiger partial charge in [-0.2, -0.15) is 4.31 Å². The lowest BCUT2D eigenvalue weighted by molar-refractivity contribution is -0.136. The maximum atomic E-state index is 13.8. The first-order valence-corrected chi connectivity index (χ1v) is 15.5. The van der Waals surface area contributed by atoms with E-state index in [0.29, 0.717) is 28.4 Å². The van der Waals surface area contributed by atoms with Crippen molar-refractivity contribution in [2.75, 3.05) is 53.5 Å². The van der Waals surface area contributed by atoms with Gasteiger partial charge in [-0.1, -0.05) is 11.6 Å². The smallest absolute Gasteiger partial charge is 0.420 e. The van der Waals surface area contributed by atoms with Gasteiger partial charge < -0.3 is 23.7 Å². The molecule has 1 unspecified atom stereocenters. The van der Waals surface area contributed by atoms with E-state index in [2.05, 4.69) is 20.8 Å². The van der Waals surface area contributed by atoms with Crippen LogP contribution in [0.2, 0.25) is 5.02 Å². The highest BCUT2D eigenvalue weighted by molar-refractivity contribution is 9.10. The summed E-state index contributed by atoms with van der Waals surface area (Å²) in [6.45, 7) is 2.44. The summed E-state index contributed by atoms with van der Waals surface area (Å²) in [6.07, 6.45) is 2.11. The van der Waals surface area contributed by atoms with E-state index in [1.165, 1.54) is 29.2 Å². The number of carbonyl (C=O) groups is 1. The molecule has 0 bridgehead atoms. The zero-order valence-electron chi connectivity index (χ0n) is 22.1. The van der Waals surface area contributed by atoms with E-state index in [4.69, 9.17) is 25.5 Å². The second-order valence-electron chi connectivity index (χ2n) is 9.79. The van der Waals surface area contributed by atoms with E-state index < -0.39 is 21.8 Å². The van der Waals surface area contributed by atoms with Gasteiger partial charge in [0.2, 0.25) is 15.9 Å². The van der Waals surface area contributed by atoms with Gasteiger partial charge in [0.15, 0.2) is 17.1 Å². The number of ether oxygens (including phenoxy) is 2. The molecule has 2 aliphatic rings. The molecule has 1 atom stereocenters. The standard InChI is InChI=1S/C26H30BrClN4O7S/c1-37-21-7-8-22(24(27)25(21)38-2)40(35,36)30-11-12-31(18(15-30)14-29-9-3-4-10-29)23(33)16-32-19-13-17(28)5-6-20(19)39-26(32)34/h5-8,13,18H,3-4,9-12,14-16H2,1-2H3. The molecule has 2 saturated heterocycles. The van der Waals surface area contributed by atoms with Gasteiger partial charge in [-0.3, -0.25) is 9.36 Å². The Kier molecular flexibility index (Phi) is 8.48. The number of piperazine rings is 1. The van der Waals surface area contributed by atoms with Crippen molar-refractivity contribution in [1.82, 2.24) is 18.7 Å². The molecule has 40 heavy (non-hydrogen) atoms. The number of carbonyl (C=O) groups excluding carboxylic acids is 1. The van der Waals surface area contributed by atoms with Crippen LogP contribution in [0.1, 0.15) is 12.8 Å². The Morgan fingerprint density at radius 2 is 1.85 bits per heavy atom. The van der Waals surface area contributed by atoms with Crippen LogP contribution in [-0.4, -0.2) is 92.5 Å². The van der Waals surface area contributed by atoms with E-state index >= 15 is 0 Å². The molecular weight excluding hydrogens is 628 g/mol. The van der Waals surface area contributed by atoms with Gasteiger partial charge in [0.05, 0.1) is 30.3 Å². The number of amides is 1. The number of hydrogen-bond donors (Lipinski definition) is 0. The summed E-state index contributed by atoms with van der Waals surface area (Å²) in [5, 5.41) is 0.418. The number of rotatable bonds is 8. The summed E-state index contributed by atoms with van der Waals surface area (Å²) < 4.78 is 46.6. The van der Waals surface area contributed by atoms with Gasteiger partial charge in [-0.15, -0.1) is 0 Å². The molecule has 2 aliphatic heterocycles. The summed E-state index contributed by atoms with van der Waals surface area (Å²) in [6, 6.07) is 7.41. The number of sulfonamides is 1. The van der Waals surface area contributed by atoms with Crippen LogP contribution in [0.25, 0.3) is 11.1 Å². The van der Waals surface area contributed by atoms with E-state index in [1.807, 2.05) is 0 Å². The summed E-state index contributed by atoms with van der Waals surface area (Å²) in [4.78, 5) is 30.2. The second kappa shape index (κ2) is 11.7. The van der Waals surface area contributed by atoms with Gasteiger partial charge in [-0.05, 0) is 72.2 Å². The lowest BCUT2D eigenvalue weighted by Gasteiger charge is -2.42. The highest BCUT2D eigenvalue weighted by Crippen LogP contribution is 2.40. The number of methoxy groups -OCH3 is 2. The summed E-state index contributed by atoms with van der Waals surface area (Å²) in [7, 11) is -1.03. The third kappa shape index (κ3) is 5.49. The topological polar surface area (TPSA) is 115 Å². The SMILES string of the molecule is COc1ccc(S(=O)(=O)N2CCN(C(=O)Cn3c(=O)oc4ccc(Cl)cc43)C(CN3CCCC3)C2)c(Br)c1OC. The predicted molar refractivity (Wildman–Crippen MR) is 153 cm³/mol. The van der Waals surface area contributed by atoms with Crippen molar-refractivity contribution in [3.63, 3.8) is 0 Å². The van der Waals surface area contributed by atoms with Crippen LogP contribution in [0.4, 0.5) is 0 Å². The van der Waals surface area contributed by atoms with Gasteiger partial charge in [0.25, 0.3) is 0 Å². The van der Waals surface area contributed by atoms with Crippen LogP contribution in [0.5, 0.6) is 11.5 Å². The largest absolute Gasteiger partial charge is 0.493 e. The average molecular weight is 658 g/mol. The fourth-order valence-corrected chi connectivity index (χ4v) is 8.21. The maximum absolute atomic E-state index is 13.8. The van der Waals surface area contributed by atoms with Crippen LogP contribution in [-0.2, 0) is 21.4 Å². The molecule has 5 rings (SSSR count). The maximum Gasteiger partial charge on any atom is 0.420 e. The van der Waals surface area contributed by atoms with Crippen LogP contribution in [0, 0.1) is 0 Å². The molecule has 1 aromatic heterocycles. The first-order valence-electron chi connectivity index (χ1n) is 12.9. The Labute approximate surface area is 245 Å². The minimum absolute atomic E-state index is 0.0538. The lowest BCUT2D eigenvalue weighted by Crippen LogP contribution is -2.60. The number of fused-ring (bicyclic) bond motifs is 1. The van der Waals surface area contributed by atoms with Crippen molar-refractivity contribution in [2.45, 2.75) is 30.3 Å². The number of nitrogens with zero attached hydrogens (tertiary/aromatic N) is 4. The summed E-state index contributed by atoms with van der Waals surface area (Å²) >= 11 is 9.51. The molecule has 0 radical (unpaired) electrons. The normalized spacial score (nSPS) is 18.9. The minimum atomic E-state index is -3.95. The van der Waals surface area contributed by atoms with Crippen LogP contribution in [0.3, 0.4) is 0 Å². The molecule has 216 valence electrons. The Hall–Kier alpha value is -2.58. The van der Waals surface area contributed by atoms with Gasteiger partial charge >= 0.3 is 5.76 Å². The fraction of sp³-hybridized carbons (Fsp3) is 0.462. The number of oxazole rings is 1. The number of benzene rings is 2. The second-order valence-corrected chi connectivity index (χ2v) is 12.9. The molecule has 0 saturated carbocycles. The molecule has 14 heteroatoms. The van der Waals surface area contributed by atoms with Crippen molar-refractivity contribution in [2.24, 2.45) is 0 Å². The van der Waals surface area contributed by atoms with Crippen molar-refractivity contribution >= 4 is 54.6 Å². The molecule has 2 fully saturated rings. The molecule has 11 nitrogen and oxygen atoms in total. The molecule has 0 N–H and O–H groups in total. The third-order valence-electron chi connectivity index (χ3n) is 7.42. The fourth-order valence-electron chi connectivity index (χ4n) is 5.41. The molecule has 3 heterocycles. The van der Waals surface area contributed by atoms with Gasteiger partial charge in [0.1, 0.15) is 11.4 Å². The van der Waals surface area contributed by atoms with Crippen LogP contribution < -0.4 is 15.2 Å². The van der Waals surface area contributed by atoms with Crippen LogP contribution >= 0.6 is 27.5 Å². The quantitative estimate of drug-likeness (QED) is 0.363. The van der Waals surface area contributed by atoms with Crippen molar-refractivity contribution in [1.29, 1.82) is 0 Å². The number of hydrogen-bond acceptors (Lipinski definition) is 8. The van der Waals surface area contributed by atoms with Crippen molar-refractivity contribution in [3.8, 4) is 11.5 Å². The van der Waals surface area contributed by atoms with E-state index in [9.17, 15) is 18.0 Å². The Morgan fingerprint density at radius 1 is 1.10 bits per heavy atom. The first-order chi connectivity index (χ1) is 19.1. The van der Waals surface area contributed by atoms with E-state index in [0.717, 1.165) is 25.9 Å². The van der Waals surface area contributed by atoms with E-state index in [1.54, 1.807) is 29.2 Å². The molecule has 0 aliphatic carbocycles. The summed E-state index contributed by atoms with van der Waals surface area (Å²) in [5.41, 5.74) is 0.772. The zero-order valence-corrected chi connectivity index (χ0v) is 25.3. The molecule has 3 aromatic rings. The highest BCUT2D eigenvalue weighted by atomic mass is 79.9. The van der Waals surface area contributed by atoms with E-state index in [-0.39, 0.29) is 47.2 Å². The predicted octanol–water partition coefficient (Wildman–Crippen LogP) is 3.03. The molecule has 1 amide bonds. The molecular formula is C26H30BrClN4O7S. The Balaban J connectivity index is 1.42. The van der Waals surface area contributed by atoms with Crippen LogP contribution in [0.15, 0.2) is 48.9 Å². The molecule has 2 aromatic carbocycles. The average Bonchev–Trinajstić information content (AvgIpc) is 3.55. The third-order valence-corrected chi connectivity index (χ3v) is 10.6. The van der Waals surface area contributed by atoms with Crippen molar-refractivity contribution in [3.05, 3.63) is 50.4 Å². The zero-order chi connectivity index (χ0) is 28.6. The first kappa shape index (κ1) is 28.9. The number of likely N-dealkylation sites (tertiary alicyclic amines) is 1. The molecule has 0 spiro atoms. The minimum Gasteiger partial charge on any atom is -0.493 e. The Morgan fingerprint density at radius 3 is 2.55 bits per heavy atom. The van der Waals surface area contributed by atoms with Gasteiger partial charge in [0, 0.05) is 31.2 Å². The number of halogens is 2. The van der Waals surface area contributed by atoms with Gasteiger partial charge in [-0.25, -0.2) is 13.2 Å². The van der Waals surface area contributed by atoms with Crippen molar-refractivity contribution < 1.29 is 27.1 Å². The number of aromatic nitrogens is 1.